The Kier molecular flexibility index (Phi) is 5.42. The number of nitrogens with zero attached hydrogens (tertiary/aromatic N) is 3. The molecule has 3 aromatic rings. The first-order valence-corrected chi connectivity index (χ1v) is 9.59. The van der Waals surface area contributed by atoms with E-state index in [1.54, 1.807) is 4.68 Å². The van der Waals surface area contributed by atoms with Crippen LogP contribution >= 0.6 is 12.2 Å². The smallest absolute Gasteiger partial charge is 0.216 e. The van der Waals surface area contributed by atoms with Gasteiger partial charge in [-0.1, -0.05) is 83.1 Å². The molecule has 140 valence electrons. The molecule has 0 bridgehead atoms. The van der Waals surface area contributed by atoms with Gasteiger partial charge in [-0.15, -0.1) is 0 Å². The molecule has 0 aliphatic carbocycles. The van der Waals surface area contributed by atoms with Gasteiger partial charge in [-0.2, -0.15) is 14.9 Å². The Labute approximate surface area is 166 Å². The molecule has 0 saturated heterocycles. The SMILES string of the molecule is CC(C)c1ccc(/C=N\n2c(-c3ccc(C(C)(C)C)cc3)n[nH]c2=S)cc1. The Morgan fingerprint density at radius 2 is 1.67 bits per heavy atom. The minimum absolute atomic E-state index is 0.115. The standard InChI is InChI=1S/C22H26N4S/c1-15(2)17-8-6-16(7-9-17)14-23-26-20(24-25-21(26)27)18-10-12-19(13-11-18)22(3,4)5/h6-15H,1-5H3,(H,25,27)/b23-14-. The quantitative estimate of drug-likeness (QED) is 0.453. The number of aromatic amines is 1. The molecule has 2 aromatic carbocycles. The van der Waals surface area contributed by atoms with Crippen LogP contribution in [0.1, 0.15) is 57.2 Å². The fourth-order valence-electron chi connectivity index (χ4n) is 2.80. The van der Waals surface area contributed by atoms with Gasteiger partial charge in [-0.25, -0.2) is 5.10 Å². The van der Waals surface area contributed by atoms with Crippen molar-refractivity contribution in [2.45, 2.75) is 46.0 Å². The summed E-state index contributed by atoms with van der Waals surface area (Å²) in [6.45, 7) is 11.0. The van der Waals surface area contributed by atoms with E-state index in [-0.39, 0.29) is 5.41 Å². The molecule has 0 radical (unpaired) electrons. The summed E-state index contributed by atoms with van der Waals surface area (Å²) in [4.78, 5) is 0. The van der Waals surface area contributed by atoms with Gasteiger partial charge in [0, 0.05) is 5.56 Å². The van der Waals surface area contributed by atoms with E-state index in [4.69, 9.17) is 12.2 Å². The van der Waals surface area contributed by atoms with Crippen LogP contribution in [0.25, 0.3) is 11.4 Å². The van der Waals surface area contributed by atoms with Crippen molar-refractivity contribution in [3.63, 3.8) is 0 Å². The van der Waals surface area contributed by atoms with Gasteiger partial charge in [0.15, 0.2) is 5.82 Å². The first-order chi connectivity index (χ1) is 12.8. The maximum Gasteiger partial charge on any atom is 0.216 e. The fraction of sp³-hybridized carbons (Fsp3) is 0.318. The molecule has 27 heavy (non-hydrogen) atoms. The molecule has 1 aromatic heterocycles. The number of nitrogens with one attached hydrogen (secondary N) is 1. The summed E-state index contributed by atoms with van der Waals surface area (Å²) in [6, 6.07) is 16.8. The second-order valence-corrected chi connectivity index (χ2v) is 8.44. The van der Waals surface area contributed by atoms with Gasteiger partial charge in [-0.3, -0.25) is 0 Å². The van der Waals surface area contributed by atoms with Crippen LogP contribution in [0.3, 0.4) is 0 Å². The highest BCUT2D eigenvalue weighted by Crippen LogP contribution is 2.25. The maximum atomic E-state index is 5.36. The summed E-state index contributed by atoms with van der Waals surface area (Å²) in [7, 11) is 0. The molecule has 4 nitrogen and oxygen atoms in total. The average molecular weight is 379 g/mol. The summed E-state index contributed by atoms with van der Waals surface area (Å²) >= 11 is 5.36. The first-order valence-electron chi connectivity index (χ1n) is 9.18. The lowest BCUT2D eigenvalue weighted by atomic mass is 9.87. The van der Waals surface area contributed by atoms with Crippen molar-refractivity contribution >= 4 is 18.4 Å². The Morgan fingerprint density at radius 1 is 1.04 bits per heavy atom. The molecule has 5 heteroatoms. The molecule has 0 aliphatic heterocycles. The highest BCUT2D eigenvalue weighted by atomic mass is 32.1. The van der Waals surface area contributed by atoms with Crippen molar-refractivity contribution in [3.8, 4) is 11.4 Å². The van der Waals surface area contributed by atoms with E-state index >= 15 is 0 Å². The largest absolute Gasteiger partial charge is 0.250 e. The van der Waals surface area contributed by atoms with Gasteiger partial charge in [0.05, 0.1) is 6.21 Å². The molecule has 0 amide bonds. The van der Waals surface area contributed by atoms with Crippen molar-refractivity contribution in [1.29, 1.82) is 0 Å². The zero-order chi connectivity index (χ0) is 19.6. The molecule has 0 spiro atoms. The molecule has 0 saturated carbocycles. The first kappa shape index (κ1) is 19.2. The molecule has 0 atom stereocenters. The van der Waals surface area contributed by atoms with Crippen molar-refractivity contribution in [1.82, 2.24) is 14.9 Å². The van der Waals surface area contributed by atoms with E-state index in [0.29, 0.717) is 16.5 Å². The number of hydrogen-bond acceptors (Lipinski definition) is 3. The van der Waals surface area contributed by atoms with Gasteiger partial charge >= 0.3 is 0 Å². The van der Waals surface area contributed by atoms with Crippen LogP contribution in [0.15, 0.2) is 53.6 Å². The van der Waals surface area contributed by atoms with Gasteiger partial charge in [-0.05, 0) is 40.2 Å². The number of H-pyrrole nitrogens is 1. The van der Waals surface area contributed by atoms with Gasteiger partial charge < -0.3 is 0 Å². The normalized spacial score (nSPS) is 12.2. The fourth-order valence-corrected chi connectivity index (χ4v) is 2.98. The third kappa shape index (κ3) is 4.42. The maximum absolute atomic E-state index is 5.36. The number of hydrogen-bond donors (Lipinski definition) is 1. The van der Waals surface area contributed by atoms with Crippen molar-refractivity contribution < 1.29 is 0 Å². The van der Waals surface area contributed by atoms with E-state index in [1.165, 1.54) is 11.1 Å². The van der Waals surface area contributed by atoms with Crippen LogP contribution in [0.2, 0.25) is 0 Å². The minimum atomic E-state index is 0.115. The summed E-state index contributed by atoms with van der Waals surface area (Å²) in [5.74, 6) is 1.22. The predicted molar refractivity (Wildman–Crippen MR) is 115 cm³/mol. The molecule has 1 heterocycles. The van der Waals surface area contributed by atoms with E-state index in [1.807, 2.05) is 6.21 Å². The van der Waals surface area contributed by atoms with Crippen LogP contribution in [-0.2, 0) is 5.41 Å². The van der Waals surface area contributed by atoms with E-state index in [9.17, 15) is 0 Å². The number of aromatic nitrogens is 3. The van der Waals surface area contributed by atoms with E-state index in [2.05, 4.69) is 98.4 Å². The molecule has 0 fully saturated rings. The lowest BCUT2D eigenvalue weighted by Gasteiger charge is -2.18. The van der Waals surface area contributed by atoms with Crippen molar-refractivity contribution in [3.05, 3.63) is 70.0 Å². The van der Waals surface area contributed by atoms with Crippen LogP contribution in [0.5, 0.6) is 0 Å². The summed E-state index contributed by atoms with van der Waals surface area (Å²) in [5, 5.41) is 11.8. The highest BCUT2D eigenvalue weighted by molar-refractivity contribution is 7.71. The second-order valence-electron chi connectivity index (χ2n) is 8.06. The lowest BCUT2D eigenvalue weighted by Crippen LogP contribution is -2.10. The Bertz CT molecular complexity index is 985. The average Bonchev–Trinajstić information content (AvgIpc) is 3.00. The van der Waals surface area contributed by atoms with Crippen LogP contribution < -0.4 is 0 Å². The Morgan fingerprint density at radius 3 is 2.22 bits per heavy atom. The van der Waals surface area contributed by atoms with Gasteiger partial charge in [0.2, 0.25) is 4.77 Å². The lowest BCUT2D eigenvalue weighted by molar-refractivity contribution is 0.590. The molecule has 0 unspecified atom stereocenters. The Hall–Kier alpha value is -2.53. The predicted octanol–water partition coefficient (Wildman–Crippen LogP) is 5.91. The van der Waals surface area contributed by atoms with Crippen LogP contribution in [0.4, 0.5) is 0 Å². The van der Waals surface area contributed by atoms with Crippen LogP contribution in [0, 0.1) is 4.77 Å². The molecule has 1 N–H and O–H groups in total. The third-order valence-electron chi connectivity index (χ3n) is 4.58. The monoisotopic (exact) mass is 378 g/mol. The van der Waals surface area contributed by atoms with Crippen molar-refractivity contribution in [2.24, 2.45) is 5.10 Å². The topological polar surface area (TPSA) is 46.0 Å². The van der Waals surface area contributed by atoms with Crippen LogP contribution in [-0.4, -0.2) is 21.1 Å². The number of benzene rings is 2. The van der Waals surface area contributed by atoms with E-state index in [0.717, 1.165) is 11.1 Å². The molecular formula is C22H26N4S. The zero-order valence-electron chi connectivity index (χ0n) is 16.5. The van der Waals surface area contributed by atoms with Gasteiger partial charge in [0.25, 0.3) is 0 Å². The Balaban J connectivity index is 1.90. The molecule has 3 rings (SSSR count). The molecule has 0 aliphatic rings. The number of rotatable bonds is 4. The molecular weight excluding hydrogens is 352 g/mol. The van der Waals surface area contributed by atoms with Crippen molar-refractivity contribution in [2.75, 3.05) is 0 Å². The summed E-state index contributed by atoms with van der Waals surface area (Å²) in [5.41, 5.74) is 4.70. The van der Waals surface area contributed by atoms with E-state index < -0.39 is 0 Å². The third-order valence-corrected chi connectivity index (χ3v) is 4.85. The van der Waals surface area contributed by atoms with Gasteiger partial charge in [0.1, 0.15) is 0 Å². The summed E-state index contributed by atoms with van der Waals surface area (Å²) < 4.78 is 2.14. The minimum Gasteiger partial charge on any atom is -0.250 e. The zero-order valence-corrected chi connectivity index (χ0v) is 17.3. The second kappa shape index (κ2) is 7.61. The summed E-state index contributed by atoms with van der Waals surface area (Å²) in [6.07, 6.45) is 1.81. The highest BCUT2D eigenvalue weighted by Gasteiger charge is 2.14.